The molecular weight excluding hydrogens is 496 g/mol. The van der Waals surface area contributed by atoms with E-state index in [2.05, 4.69) is 5.32 Å². The number of carbonyl (C=O) groups excluding carboxylic acids is 2. The highest BCUT2D eigenvalue weighted by Crippen LogP contribution is 2.34. The Hall–Kier alpha value is -3.76. The molecule has 0 radical (unpaired) electrons. The molecule has 0 aliphatic heterocycles. The van der Waals surface area contributed by atoms with Crippen LogP contribution >= 0.6 is 11.6 Å². The fourth-order valence-electron chi connectivity index (χ4n) is 3.25. The van der Waals surface area contributed by atoms with E-state index in [1.54, 1.807) is 30.3 Å². The largest absolute Gasteiger partial charge is 0.493 e. The van der Waals surface area contributed by atoms with E-state index in [1.807, 2.05) is 0 Å². The molecule has 35 heavy (non-hydrogen) atoms. The van der Waals surface area contributed by atoms with E-state index in [0.717, 1.165) is 4.31 Å². The fourth-order valence-corrected chi connectivity index (χ4v) is 5.00. The van der Waals surface area contributed by atoms with Crippen LogP contribution in [0.3, 0.4) is 0 Å². The van der Waals surface area contributed by atoms with Crippen LogP contribution in [0.25, 0.3) is 0 Å². The van der Waals surface area contributed by atoms with Crippen molar-refractivity contribution in [1.29, 1.82) is 0 Å². The molecule has 1 amide bonds. The number of hydrogen-bond acceptors (Lipinski definition) is 7. The van der Waals surface area contributed by atoms with E-state index in [9.17, 15) is 18.0 Å². The number of ether oxygens (including phenoxy) is 3. The van der Waals surface area contributed by atoms with Crippen molar-refractivity contribution >= 4 is 44.9 Å². The summed E-state index contributed by atoms with van der Waals surface area (Å²) in [5, 5.41) is 2.71. The summed E-state index contributed by atoms with van der Waals surface area (Å²) in [6.45, 7) is -0.629. The minimum Gasteiger partial charge on any atom is -0.493 e. The average Bonchev–Trinajstić information content (AvgIpc) is 2.87. The maximum atomic E-state index is 13.5. The van der Waals surface area contributed by atoms with Crippen molar-refractivity contribution in [3.8, 4) is 11.5 Å². The highest BCUT2D eigenvalue weighted by atomic mass is 35.5. The zero-order chi connectivity index (χ0) is 25.6. The highest BCUT2D eigenvalue weighted by Gasteiger charge is 2.29. The maximum absolute atomic E-state index is 13.5. The van der Waals surface area contributed by atoms with Crippen LogP contribution in [-0.4, -0.2) is 48.2 Å². The minimum atomic E-state index is -4.17. The van der Waals surface area contributed by atoms with Gasteiger partial charge in [0.05, 0.1) is 48.2 Å². The zero-order valence-corrected chi connectivity index (χ0v) is 20.7. The second-order valence-corrected chi connectivity index (χ2v) is 9.34. The van der Waals surface area contributed by atoms with Crippen molar-refractivity contribution in [2.75, 3.05) is 37.5 Å². The van der Waals surface area contributed by atoms with Crippen LogP contribution in [0.4, 0.5) is 11.4 Å². The maximum Gasteiger partial charge on any atom is 0.340 e. The molecule has 3 aromatic carbocycles. The van der Waals surface area contributed by atoms with Crippen molar-refractivity contribution in [3.63, 3.8) is 0 Å². The number of nitrogens with zero attached hydrogens (tertiary/aromatic N) is 1. The Balaban J connectivity index is 2.02. The van der Waals surface area contributed by atoms with E-state index in [1.165, 1.54) is 57.7 Å². The summed E-state index contributed by atoms with van der Waals surface area (Å²) < 4.78 is 43.1. The Bertz CT molecular complexity index is 1330. The standard InChI is InChI=1S/C24H23ClN2O7S/c1-32-21-13-17(24(29)34-3)19(14-22(21)33-2)26-23(28)15-27(20-12-8-7-11-18(20)25)35(30,31)16-9-5-4-6-10-16/h4-14H,15H2,1-3H3,(H,26,28). The molecule has 0 bridgehead atoms. The van der Waals surface area contributed by atoms with Crippen molar-refractivity contribution < 1.29 is 32.2 Å². The first-order valence-electron chi connectivity index (χ1n) is 10.2. The first-order chi connectivity index (χ1) is 16.7. The molecule has 11 heteroatoms. The summed E-state index contributed by atoms with van der Waals surface area (Å²) in [5.74, 6) is -0.978. The van der Waals surface area contributed by atoms with Gasteiger partial charge < -0.3 is 19.5 Å². The summed E-state index contributed by atoms with van der Waals surface area (Å²) in [6.07, 6.45) is 0. The Morgan fingerprint density at radius 3 is 2.11 bits per heavy atom. The number of para-hydroxylation sites is 1. The van der Waals surface area contributed by atoms with Crippen LogP contribution in [0.5, 0.6) is 11.5 Å². The molecule has 3 rings (SSSR count). The molecule has 0 heterocycles. The quantitative estimate of drug-likeness (QED) is 0.426. The molecule has 9 nitrogen and oxygen atoms in total. The summed E-state index contributed by atoms with van der Waals surface area (Å²) in [7, 11) is -0.185. The Kier molecular flexibility index (Phi) is 8.21. The van der Waals surface area contributed by atoms with Crippen LogP contribution in [0.1, 0.15) is 10.4 Å². The summed E-state index contributed by atoms with van der Waals surface area (Å²) in [4.78, 5) is 25.4. The lowest BCUT2D eigenvalue weighted by Gasteiger charge is -2.25. The number of methoxy groups -OCH3 is 3. The lowest BCUT2D eigenvalue weighted by atomic mass is 10.1. The van der Waals surface area contributed by atoms with Gasteiger partial charge >= 0.3 is 5.97 Å². The molecule has 0 atom stereocenters. The molecule has 184 valence electrons. The zero-order valence-electron chi connectivity index (χ0n) is 19.1. The molecular formula is C24H23ClN2O7S. The van der Waals surface area contributed by atoms with Crippen molar-refractivity contribution in [2.45, 2.75) is 4.90 Å². The van der Waals surface area contributed by atoms with E-state index in [0.29, 0.717) is 0 Å². The summed E-state index contributed by atoms with van der Waals surface area (Å²) >= 11 is 6.29. The van der Waals surface area contributed by atoms with Gasteiger partial charge in [0.2, 0.25) is 5.91 Å². The van der Waals surface area contributed by atoms with Gasteiger partial charge in [-0.1, -0.05) is 41.9 Å². The van der Waals surface area contributed by atoms with Crippen LogP contribution in [0, 0.1) is 0 Å². The number of nitrogens with one attached hydrogen (secondary N) is 1. The number of amides is 1. The van der Waals surface area contributed by atoms with E-state index in [-0.39, 0.29) is 38.4 Å². The summed E-state index contributed by atoms with van der Waals surface area (Å²) in [5.41, 5.74) is 0.165. The number of anilines is 2. The average molecular weight is 519 g/mol. The first kappa shape index (κ1) is 25.9. The molecule has 1 N–H and O–H groups in total. The third kappa shape index (κ3) is 5.67. The molecule has 0 aliphatic carbocycles. The van der Waals surface area contributed by atoms with Crippen LogP contribution in [0.15, 0.2) is 71.6 Å². The van der Waals surface area contributed by atoms with Crippen molar-refractivity contribution in [2.24, 2.45) is 0 Å². The monoisotopic (exact) mass is 518 g/mol. The van der Waals surface area contributed by atoms with Crippen molar-refractivity contribution in [3.05, 3.63) is 77.3 Å². The number of esters is 1. The Morgan fingerprint density at radius 2 is 1.51 bits per heavy atom. The second kappa shape index (κ2) is 11.1. The minimum absolute atomic E-state index is 0.00582. The van der Waals surface area contributed by atoms with Gasteiger partial charge in [-0.3, -0.25) is 9.10 Å². The van der Waals surface area contributed by atoms with Gasteiger partial charge in [-0.25, -0.2) is 13.2 Å². The van der Waals surface area contributed by atoms with E-state index < -0.39 is 28.4 Å². The summed E-state index contributed by atoms with van der Waals surface area (Å²) in [6, 6.07) is 16.7. The number of hydrogen-bond donors (Lipinski definition) is 1. The van der Waals surface area contributed by atoms with Gasteiger partial charge in [-0.05, 0) is 24.3 Å². The van der Waals surface area contributed by atoms with Gasteiger partial charge in [-0.15, -0.1) is 0 Å². The third-order valence-corrected chi connectivity index (χ3v) is 7.04. The van der Waals surface area contributed by atoms with Gasteiger partial charge in [0.25, 0.3) is 10.0 Å². The van der Waals surface area contributed by atoms with E-state index in [4.69, 9.17) is 25.8 Å². The molecule has 0 spiro atoms. The van der Waals surface area contributed by atoms with Gasteiger partial charge in [0.15, 0.2) is 11.5 Å². The Labute approximate surface area is 208 Å². The van der Waals surface area contributed by atoms with Gasteiger partial charge in [-0.2, -0.15) is 0 Å². The van der Waals surface area contributed by atoms with E-state index >= 15 is 0 Å². The topological polar surface area (TPSA) is 111 Å². The van der Waals surface area contributed by atoms with Crippen molar-refractivity contribution in [1.82, 2.24) is 0 Å². The van der Waals surface area contributed by atoms with Crippen LogP contribution in [-0.2, 0) is 19.6 Å². The second-order valence-electron chi connectivity index (χ2n) is 7.07. The molecule has 0 aromatic heterocycles. The number of benzene rings is 3. The van der Waals surface area contributed by atoms with Crippen LogP contribution < -0.4 is 19.1 Å². The third-order valence-electron chi connectivity index (χ3n) is 4.94. The molecule has 0 fully saturated rings. The fraction of sp³-hybridized carbons (Fsp3) is 0.167. The predicted octanol–water partition coefficient (Wildman–Crippen LogP) is 3.98. The molecule has 0 unspecified atom stereocenters. The van der Waals surface area contributed by atoms with Gasteiger partial charge in [0, 0.05) is 12.1 Å². The lowest BCUT2D eigenvalue weighted by molar-refractivity contribution is -0.114. The normalized spacial score (nSPS) is 10.9. The molecule has 0 saturated heterocycles. The highest BCUT2D eigenvalue weighted by molar-refractivity contribution is 7.92. The number of carbonyl (C=O) groups is 2. The number of rotatable bonds is 9. The molecule has 3 aromatic rings. The van der Waals surface area contributed by atoms with Crippen LogP contribution in [0.2, 0.25) is 5.02 Å². The lowest BCUT2D eigenvalue weighted by Crippen LogP contribution is -2.38. The number of halogens is 1. The Morgan fingerprint density at radius 1 is 0.914 bits per heavy atom. The molecule has 0 saturated carbocycles. The predicted molar refractivity (Wildman–Crippen MR) is 132 cm³/mol. The first-order valence-corrected chi connectivity index (χ1v) is 12.0. The number of sulfonamides is 1. The molecule has 0 aliphatic rings. The SMILES string of the molecule is COC(=O)c1cc(OC)c(OC)cc1NC(=O)CN(c1ccccc1Cl)S(=O)(=O)c1ccccc1. The smallest absolute Gasteiger partial charge is 0.340 e. The van der Waals surface area contributed by atoms with Gasteiger partial charge in [0.1, 0.15) is 6.54 Å².